The van der Waals surface area contributed by atoms with Gasteiger partial charge in [-0.05, 0) is 31.6 Å². The van der Waals surface area contributed by atoms with E-state index in [-0.39, 0.29) is 12.0 Å². The van der Waals surface area contributed by atoms with Crippen molar-refractivity contribution in [1.82, 2.24) is 0 Å². The number of piperidine rings is 1. The first-order valence-corrected chi connectivity index (χ1v) is 7.65. The van der Waals surface area contributed by atoms with Gasteiger partial charge < -0.3 is 10.1 Å². The number of ketones is 1. The minimum Gasteiger partial charge on any atom is -0.600 e. The molecule has 0 amide bonds. The van der Waals surface area contributed by atoms with Crippen LogP contribution in [0.1, 0.15) is 45.4 Å². The summed E-state index contributed by atoms with van der Waals surface area (Å²) in [5, 5.41) is 19.4. The molecule has 1 saturated carbocycles. The number of Topliss-reactive ketones (excluding diaryl/α,β-unsaturated/α-hetero) is 1. The Morgan fingerprint density at radius 2 is 2.00 bits per heavy atom. The van der Waals surface area contributed by atoms with E-state index in [0.29, 0.717) is 18.7 Å². The minimum absolute atomic E-state index is 0.00157. The number of carbonyl (C=O) groups is 1. The fourth-order valence-electron chi connectivity index (χ4n) is 3.44. The Labute approximate surface area is 115 Å². The maximum atomic E-state index is 12.3. The highest BCUT2D eigenvalue weighted by atomic mass is 16.8. The highest BCUT2D eigenvalue weighted by molar-refractivity contribution is 5.82. The fourth-order valence-corrected chi connectivity index (χ4v) is 3.44. The summed E-state index contributed by atoms with van der Waals surface area (Å²) in [5.41, 5.74) is 0. The van der Waals surface area contributed by atoms with Crippen LogP contribution in [0.25, 0.3) is 0 Å². The summed E-state index contributed by atoms with van der Waals surface area (Å²) in [6.45, 7) is 5.09. The van der Waals surface area contributed by atoms with Crippen LogP contribution in [-0.2, 0) is 4.79 Å². The van der Waals surface area contributed by atoms with E-state index >= 15 is 0 Å². The minimum atomic E-state index is -0.725. The van der Waals surface area contributed by atoms with E-state index in [4.69, 9.17) is 5.21 Å². The Morgan fingerprint density at radius 3 is 2.63 bits per heavy atom. The molecule has 2 rings (SSSR count). The van der Waals surface area contributed by atoms with Crippen LogP contribution in [0.5, 0.6) is 0 Å². The predicted octanol–water partition coefficient (Wildman–Crippen LogP) is -0.799. The maximum Gasteiger partial charge on any atom is 0.190 e. The van der Waals surface area contributed by atoms with Gasteiger partial charge >= 0.3 is 0 Å². The molecule has 0 aromatic heterocycles. The average molecular weight is 271 g/mol. The van der Waals surface area contributed by atoms with Gasteiger partial charge in [0.05, 0.1) is 13.1 Å². The Kier molecular flexibility index (Phi) is 5.33. The first kappa shape index (κ1) is 14.9. The standard InChI is InChI=1S/C14H26N2O3/c1-11-5-7-15(8-6-11)10-14(17)12-3-2-4-13(9-12)16(18)19/h11-13,16,18H,2-10H2,1H3/p+1. The van der Waals surface area contributed by atoms with Gasteiger partial charge in [-0.15, -0.1) is 0 Å². The van der Waals surface area contributed by atoms with Gasteiger partial charge in [-0.25, -0.2) is 10.4 Å². The van der Waals surface area contributed by atoms with Gasteiger partial charge in [0.25, 0.3) is 0 Å². The van der Waals surface area contributed by atoms with E-state index < -0.39 is 5.23 Å². The molecule has 19 heavy (non-hydrogen) atoms. The maximum absolute atomic E-state index is 12.3. The number of nitrogens with one attached hydrogen (secondary N) is 2. The van der Waals surface area contributed by atoms with Crippen molar-refractivity contribution < 1.29 is 20.1 Å². The van der Waals surface area contributed by atoms with Crippen molar-refractivity contribution in [2.45, 2.75) is 51.5 Å². The SMILES string of the molecule is CC1CC[NH+](CC(=O)C2CCCC([NH+]([O-])O)C2)CC1. The Morgan fingerprint density at radius 1 is 1.32 bits per heavy atom. The summed E-state index contributed by atoms with van der Waals surface area (Å²) >= 11 is 0. The summed E-state index contributed by atoms with van der Waals surface area (Å²) in [4.78, 5) is 13.7. The summed E-state index contributed by atoms with van der Waals surface area (Å²) in [6.07, 6.45) is 5.52. The zero-order valence-electron chi connectivity index (χ0n) is 11.9. The highest BCUT2D eigenvalue weighted by Crippen LogP contribution is 2.23. The molecule has 0 aromatic carbocycles. The molecular formula is C14H27N2O3+. The molecule has 2 fully saturated rings. The molecule has 1 aliphatic carbocycles. The van der Waals surface area contributed by atoms with E-state index in [9.17, 15) is 10.0 Å². The number of likely N-dealkylation sites (tertiary alicyclic amines) is 1. The van der Waals surface area contributed by atoms with Crippen molar-refractivity contribution >= 4 is 5.78 Å². The van der Waals surface area contributed by atoms with Crippen molar-refractivity contribution in [2.75, 3.05) is 19.6 Å². The number of carbonyl (C=O) groups excluding carboxylic acids is 1. The Balaban J connectivity index is 1.79. The van der Waals surface area contributed by atoms with Crippen LogP contribution >= 0.6 is 0 Å². The van der Waals surface area contributed by atoms with Crippen LogP contribution in [0.3, 0.4) is 0 Å². The van der Waals surface area contributed by atoms with Crippen molar-refractivity contribution in [3.05, 3.63) is 5.21 Å². The first-order chi connectivity index (χ1) is 9.06. The lowest BCUT2D eigenvalue weighted by molar-refractivity contribution is -1.07. The lowest BCUT2D eigenvalue weighted by Crippen LogP contribution is -3.14. The molecule has 5 nitrogen and oxygen atoms in total. The first-order valence-electron chi connectivity index (χ1n) is 7.65. The second-order valence-electron chi connectivity index (χ2n) is 6.47. The number of quaternary nitrogens is 2. The monoisotopic (exact) mass is 271 g/mol. The highest BCUT2D eigenvalue weighted by Gasteiger charge is 2.32. The van der Waals surface area contributed by atoms with Gasteiger partial charge in [0.2, 0.25) is 0 Å². The van der Waals surface area contributed by atoms with Gasteiger partial charge in [0.1, 0.15) is 12.6 Å². The third-order valence-electron chi connectivity index (χ3n) is 4.88. The van der Waals surface area contributed by atoms with E-state index in [2.05, 4.69) is 6.92 Å². The molecule has 1 saturated heterocycles. The molecule has 3 N–H and O–H groups in total. The summed E-state index contributed by atoms with van der Waals surface area (Å²) in [5.74, 6) is 1.10. The van der Waals surface area contributed by atoms with Crippen molar-refractivity contribution in [3.63, 3.8) is 0 Å². The summed E-state index contributed by atoms with van der Waals surface area (Å²) in [7, 11) is 0. The summed E-state index contributed by atoms with van der Waals surface area (Å²) < 4.78 is 0. The number of hydrogen-bond acceptors (Lipinski definition) is 3. The van der Waals surface area contributed by atoms with Gasteiger partial charge in [-0.2, -0.15) is 0 Å². The summed E-state index contributed by atoms with van der Waals surface area (Å²) in [6, 6.07) is -0.293. The molecule has 3 atom stereocenters. The molecule has 0 radical (unpaired) electrons. The molecule has 0 spiro atoms. The molecule has 0 bridgehead atoms. The molecule has 1 heterocycles. The van der Waals surface area contributed by atoms with Crippen molar-refractivity contribution in [3.8, 4) is 0 Å². The van der Waals surface area contributed by atoms with Gasteiger partial charge in [0.15, 0.2) is 5.78 Å². The zero-order chi connectivity index (χ0) is 13.8. The second kappa shape index (κ2) is 6.79. The quantitative estimate of drug-likeness (QED) is 0.587. The van der Waals surface area contributed by atoms with Crippen LogP contribution in [0.4, 0.5) is 0 Å². The van der Waals surface area contributed by atoms with Gasteiger partial charge in [-0.3, -0.25) is 4.79 Å². The largest absolute Gasteiger partial charge is 0.600 e. The Bertz CT molecular complexity index is 301. The van der Waals surface area contributed by atoms with Crippen LogP contribution in [-0.4, -0.2) is 36.7 Å². The lowest BCUT2D eigenvalue weighted by atomic mass is 9.83. The molecule has 2 aliphatic rings. The van der Waals surface area contributed by atoms with Gasteiger partial charge in [-0.1, -0.05) is 6.92 Å². The zero-order valence-corrected chi connectivity index (χ0v) is 11.9. The molecule has 110 valence electrons. The second-order valence-corrected chi connectivity index (χ2v) is 6.47. The third kappa shape index (κ3) is 4.24. The Hall–Kier alpha value is -0.490. The smallest absolute Gasteiger partial charge is 0.190 e. The van der Waals surface area contributed by atoms with Crippen LogP contribution in [0.15, 0.2) is 0 Å². The predicted molar refractivity (Wildman–Crippen MR) is 70.8 cm³/mol. The topological polar surface area (TPSA) is 69.2 Å². The van der Waals surface area contributed by atoms with E-state index in [0.717, 1.165) is 38.3 Å². The molecule has 0 aromatic rings. The fraction of sp³-hybridized carbons (Fsp3) is 0.929. The van der Waals surface area contributed by atoms with Gasteiger partial charge in [0, 0.05) is 18.8 Å². The van der Waals surface area contributed by atoms with Crippen LogP contribution < -0.4 is 10.1 Å². The number of rotatable bonds is 4. The third-order valence-corrected chi connectivity index (χ3v) is 4.88. The van der Waals surface area contributed by atoms with Crippen LogP contribution in [0, 0.1) is 17.0 Å². The van der Waals surface area contributed by atoms with Crippen molar-refractivity contribution in [1.29, 1.82) is 0 Å². The van der Waals surface area contributed by atoms with Crippen molar-refractivity contribution in [2.24, 2.45) is 11.8 Å². The lowest BCUT2D eigenvalue weighted by Gasteiger charge is -2.32. The molecule has 3 unspecified atom stereocenters. The van der Waals surface area contributed by atoms with Crippen LogP contribution in [0.2, 0.25) is 0 Å². The van der Waals surface area contributed by atoms with E-state index in [1.54, 1.807) is 0 Å². The molecule has 1 aliphatic heterocycles. The van der Waals surface area contributed by atoms with E-state index in [1.165, 1.54) is 17.7 Å². The number of hydroxylamine groups is 2. The van der Waals surface area contributed by atoms with E-state index in [1.807, 2.05) is 0 Å². The number of hydrogen-bond donors (Lipinski definition) is 3. The molecule has 5 heteroatoms. The average Bonchev–Trinajstić information content (AvgIpc) is 2.41. The normalized spacial score (nSPS) is 37.8. The molecular weight excluding hydrogens is 244 g/mol.